The van der Waals surface area contributed by atoms with Gasteiger partial charge in [0.2, 0.25) is 0 Å². The Morgan fingerprint density at radius 1 is 1.43 bits per heavy atom. The number of carbonyl (C=O) groups is 1. The van der Waals surface area contributed by atoms with Crippen LogP contribution >= 0.6 is 11.6 Å². The van der Waals surface area contributed by atoms with Crippen LogP contribution in [0.1, 0.15) is 26.3 Å². The lowest BCUT2D eigenvalue weighted by Gasteiger charge is -2.21. The summed E-state index contributed by atoms with van der Waals surface area (Å²) >= 11 is 5.97. The van der Waals surface area contributed by atoms with Gasteiger partial charge in [0, 0.05) is 17.6 Å². The van der Waals surface area contributed by atoms with E-state index < -0.39 is 11.7 Å². The highest BCUT2D eigenvalue weighted by Gasteiger charge is 2.17. The molecule has 0 saturated heterocycles. The fraction of sp³-hybridized carbons (Fsp3) is 0.533. The number of rotatable bonds is 5. The summed E-state index contributed by atoms with van der Waals surface area (Å²) in [4.78, 5) is 11.6. The van der Waals surface area contributed by atoms with Gasteiger partial charge >= 0.3 is 6.09 Å². The Balaban J connectivity index is 2.52. The van der Waals surface area contributed by atoms with Crippen molar-refractivity contribution in [2.45, 2.75) is 38.8 Å². The summed E-state index contributed by atoms with van der Waals surface area (Å²) in [6.45, 7) is 5.74. The predicted octanol–water partition coefficient (Wildman–Crippen LogP) is 2.74. The van der Waals surface area contributed by atoms with Crippen molar-refractivity contribution < 1.29 is 14.3 Å². The molecular weight excluding hydrogens is 292 g/mol. The zero-order chi connectivity index (χ0) is 16.0. The SMILES string of the molecule is COc1ccc(Cl)cc1CC(N)CNC(=O)OC(C)(C)C. The van der Waals surface area contributed by atoms with Crippen LogP contribution in [-0.2, 0) is 11.2 Å². The summed E-state index contributed by atoms with van der Waals surface area (Å²) in [7, 11) is 1.59. The lowest BCUT2D eigenvalue weighted by Crippen LogP contribution is -2.41. The molecule has 1 amide bonds. The number of hydrogen-bond donors (Lipinski definition) is 2. The lowest BCUT2D eigenvalue weighted by atomic mass is 10.1. The highest BCUT2D eigenvalue weighted by Crippen LogP contribution is 2.23. The van der Waals surface area contributed by atoms with Gasteiger partial charge in [0.1, 0.15) is 11.4 Å². The molecule has 0 aliphatic carbocycles. The van der Waals surface area contributed by atoms with Crippen LogP contribution in [0.4, 0.5) is 4.79 Å². The number of methoxy groups -OCH3 is 1. The number of alkyl carbamates (subject to hydrolysis) is 1. The molecule has 0 saturated carbocycles. The molecule has 0 aliphatic rings. The zero-order valence-corrected chi connectivity index (χ0v) is 13.7. The number of hydrogen-bond acceptors (Lipinski definition) is 4. The van der Waals surface area contributed by atoms with Gasteiger partial charge in [0.05, 0.1) is 7.11 Å². The Bertz CT molecular complexity index is 486. The second kappa shape index (κ2) is 7.52. The van der Waals surface area contributed by atoms with E-state index >= 15 is 0 Å². The smallest absolute Gasteiger partial charge is 0.407 e. The predicted molar refractivity (Wildman–Crippen MR) is 83.9 cm³/mol. The maximum atomic E-state index is 11.6. The van der Waals surface area contributed by atoms with Gasteiger partial charge in [0.15, 0.2) is 0 Å². The Morgan fingerprint density at radius 3 is 2.67 bits per heavy atom. The number of ether oxygens (including phenoxy) is 2. The average Bonchev–Trinajstić information content (AvgIpc) is 2.35. The largest absolute Gasteiger partial charge is 0.496 e. The molecule has 0 fully saturated rings. The number of nitrogens with two attached hydrogens (primary N) is 1. The Labute approximate surface area is 130 Å². The van der Waals surface area contributed by atoms with Crippen molar-refractivity contribution in [3.8, 4) is 5.75 Å². The summed E-state index contributed by atoms with van der Waals surface area (Å²) in [5, 5.41) is 3.27. The number of carbonyl (C=O) groups excluding carboxylic acids is 1. The molecule has 1 unspecified atom stereocenters. The minimum absolute atomic E-state index is 0.259. The molecule has 5 nitrogen and oxygen atoms in total. The number of amides is 1. The van der Waals surface area contributed by atoms with E-state index in [9.17, 15) is 4.79 Å². The molecule has 0 heterocycles. The highest BCUT2D eigenvalue weighted by atomic mass is 35.5. The van der Waals surface area contributed by atoms with Gasteiger partial charge in [0.25, 0.3) is 0 Å². The van der Waals surface area contributed by atoms with Crippen molar-refractivity contribution in [2.75, 3.05) is 13.7 Å². The van der Waals surface area contributed by atoms with Gasteiger partial charge in [-0.15, -0.1) is 0 Å². The van der Waals surface area contributed by atoms with Gasteiger partial charge in [-0.1, -0.05) is 11.6 Å². The summed E-state index contributed by atoms with van der Waals surface area (Å²) < 4.78 is 10.4. The molecule has 0 aliphatic heterocycles. The van der Waals surface area contributed by atoms with E-state index in [1.54, 1.807) is 19.2 Å². The third kappa shape index (κ3) is 6.69. The molecule has 1 aromatic rings. The Hall–Kier alpha value is -1.46. The van der Waals surface area contributed by atoms with Gasteiger partial charge < -0.3 is 20.5 Å². The van der Waals surface area contributed by atoms with Gasteiger partial charge in [-0.2, -0.15) is 0 Å². The highest BCUT2D eigenvalue weighted by molar-refractivity contribution is 6.30. The molecule has 0 aromatic heterocycles. The molecule has 3 N–H and O–H groups in total. The molecule has 1 rings (SSSR count). The van der Waals surface area contributed by atoms with Gasteiger partial charge in [-0.25, -0.2) is 4.79 Å². The van der Waals surface area contributed by atoms with E-state index in [1.807, 2.05) is 26.8 Å². The minimum atomic E-state index is -0.523. The Kier molecular flexibility index (Phi) is 6.30. The molecule has 6 heteroatoms. The quantitative estimate of drug-likeness (QED) is 0.876. The third-order valence-electron chi connectivity index (χ3n) is 2.63. The second-order valence-electron chi connectivity index (χ2n) is 5.80. The summed E-state index contributed by atoms with van der Waals surface area (Å²) in [5.74, 6) is 0.729. The lowest BCUT2D eigenvalue weighted by molar-refractivity contribution is 0.0524. The van der Waals surface area contributed by atoms with Crippen LogP contribution in [0, 0.1) is 0 Å². The molecule has 118 valence electrons. The first kappa shape index (κ1) is 17.6. The van der Waals surface area contributed by atoms with Crippen molar-refractivity contribution in [3.05, 3.63) is 28.8 Å². The van der Waals surface area contributed by atoms with Crippen molar-refractivity contribution in [1.82, 2.24) is 5.32 Å². The van der Waals surface area contributed by atoms with E-state index in [0.29, 0.717) is 18.0 Å². The fourth-order valence-electron chi connectivity index (χ4n) is 1.79. The molecule has 1 atom stereocenters. The van der Waals surface area contributed by atoms with Crippen LogP contribution in [0.15, 0.2) is 18.2 Å². The van der Waals surface area contributed by atoms with E-state index in [2.05, 4.69) is 5.32 Å². The van der Waals surface area contributed by atoms with Crippen molar-refractivity contribution in [3.63, 3.8) is 0 Å². The van der Waals surface area contributed by atoms with Crippen LogP contribution in [0.2, 0.25) is 5.02 Å². The maximum absolute atomic E-state index is 11.6. The molecular formula is C15H23ClN2O3. The second-order valence-corrected chi connectivity index (χ2v) is 6.24. The van der Waals surface area contributed by atoms with Gasteiger partial charge in [-0.3, -0.25) is 0 Å². The molecule has 21 heavy (non-hydrogen) atoms. The van der Waals surface area contributed by atoms with E-state index in [0.717, 1.165) is 11.3 Å². The molecule has 0 radical (unpaired) electrons. The van der Waals surface area contributed by atoms with Crippen molar-refractivity contribution in [2.24, 2.45) is 5.73 Å². The average molecular weight is 315 g/mol. The van der Waals surface area contributed by atoms with Crippen LogP contribution in [0.25, 0.3) is 0 Å². The van der Waals surface area contributed by atoms with E-state index in [4.69, 9.17) is 26.8 Å². The first-order chi connectivity index (χ1) is 9.71. The maximum Gasteiger partial charge on any atom is 0.407 e. The van der Waals surface area contributed by atoms with Crippen LogP contribution < -0.4 is 15.8 Å². The molecule has 0 spiro atoms. The van der Waals surface area contributed by atoms with Gasteiger partial charge in [-0.05, 0) is 51.0 Å². The number of halogens is 1. The number of benzene rings is 1. The number of nitrogens with one attached hydrogen (secondary N) is 1. The normalized spacial score (nSPS) is 12.7. The summed E-state index contributed by atoms with van der Waals surface area (Å²) in [6, 6.07) is 5.11. The van der Waals surface area contributed by atoms with Crippen molar-refractivity contribution in [1.29, 1.82) is 0 Å². The summed E-state index contributed by atoms with van der Waals surface area (Å²) in [5.41, 5.74) is 6.41. The zero-order valence-electron chi connectivity index (χ0n) is 12.9. The van der Waals surface area contributed by atoms with E-state index in [-0.39, 0.29) is 6.04 Å². The monoisotopic (exact) mass is 314 g/mol. The standard InChI is InChI=1S/C15H23ClN2O3/c1-15(2,3)21-14(19)18-9-12(17)8-10-7-11(16)5-6-13(10)20-4/h5-7,12H,8-9,17H2,1-4H3,(H,18,19). The van der Waals surface area contributed by atoms with Crippen LogP contribution in [0.5, 0.6) is 5.75 Å². The minimum Gasteiger partial charge on any atom is -0.496 e. The topological polar surface area (TPSA) is 73.6 Å². The van der Waals surface area contributed by atoms with Crippen LogP contribution in [0.3, 0.4) is 0 Å². The first-order valence-corrected chi connectivity index (χ1v) is 7.14. The third-order valence-corrected chi connectivity index (χ3v) is 2.87. The van der Waals surface area contributed by atoms with Crippen molar-refractivity contribution >= 4 is 17.7 Å². The molecule has 0 bridgehead atoms. The fourth-order valence-corrected chi connectivity index (χ4v) is 1.98. The first-order valence-electron chi connectivity index (χ1n) is 6.76. The molecule has 1 aromatic carbocycles. The van der Waals surface area contributed by atoms with Crippen LogP contribution in [-0.4, -0.2) is 31.4 Å². The van der Waals surface area contributed by atoms with E-state index in [1.165, 1.54) is 0 Å². The Morgan fingerprint density at radius 2 is 2.10 bits per heavy atom. The summed E-state index contributed by atoms with van der Waals surface area (Å²) in [6.07, 6.45) is 0.0653.